The summed E-state index contributed by atoms with van der Waals surface area (Å²) in [5.41, 5.74) is 1.92. The number of benzene rings is 1. The Morgan fingerprint density at radius 2 is 1.71 bits per heavy atom. The smallest absolute Gasteiger partial charge is 0.335 e. The third kappa shape index (κ3) is 2.78. The normalized spacial score (nSPS) is 19.1. The highest BCUT2D eigenvalue weighted by Crippen LogP contribution is 2.32. The molecule has 1 saturated heterocycles. The molecule has 0 aromatic heterocycles. The van der Waals surface area contributed by atoms with Gasteiger partial charge in [-0.3, -0.25) is 0 Å². The third-order valence-corrected chi connectivity index (χ3v) is 3.60. The van der Waals surface area contributed by atoms with Crippen molar-refractivity contribution in [2.45, 2.75) is 26.7 Å². The van der Waals surface area contributed by atoms with E-state index in [4.69, 9.17) is 5.11 Å². The van der Waals surface area contributed by atoms with Gasteiger partial charge in [0.25, 0.3) is 0 Å². The van der Waals surface area contributed by atoms with E-state index in [0.29, 0.717) is 11.0 Å². The summed E-state index contributed by atoms with van der Waals surface area (Å²) in [5, 5.41) is 8.84. The Balaban J connectivity index is 2.06. The average molecular weight is 233 g/mol. The van der Waals surface area contributed by atoms with Crippen LogP contribution in [0.5, 0.6) is 0 Å². The third-order valence-electron chi connectivity index (χ3n) is 3.60. The number of carboxylic acids is 1. The maximum atomic E-state index is 10.8. The number of hydrogen-bond acceptors (Lipinski definition) is 2. The summed E-state index contributed by atoms with van der Waals surface area (Å²) in [7, 11) is 0. The lowest BCUT2D eigenvalue weighted by molar-refractivity contribution is 0.0697. The average Bonchev–Trinajstić information content (AvgIpc) is 2.29. The Morgan fingerprint density at radius 1 is 1.18 bits per heavy atom. The van der Waals surface area contributed by atoms with E-state index in [0.717, 1.165) is 18.8 Å². The summed E-state index contributed by atoms with van der Waals surface area (Å²) in [5.74, 6) is -0.865. The molecule has 0 bridgehead atoms. The number of rotatable bonds is 2. The number of nitrogens with zero attached hydrogens (tertiary/aromatic N) is 1. The molecule has 1 aliphatic rings. The second-order valence-electron chi connectivity index (χ2n) is 5.50. The van der Waals surface area contributed by atoms with Crippen molar-refractivity contribution in [1.29, 1.82) is 0 Å². The van der Waals surface area contributed by atoms with Gasteiger partial charge in [0.05, 0.1) is 5.56 Å². The zero-order valence-electron chi connectivity index (χ0n) is 10.4. The highest BCUT2D eigenvalue weighted by molar-refractivity contribution is 5.88. The summed E-state index contributed by atoms with van der Waals surface area (Å²) >= 11 is 0. The van der Waals surface area contributed by atoms with Gasteiger partial charge in [-0.05, 0) is 42.5 Å². The van der Waals surface area contributed by atoms with Crippen molar-refractivity contribution >= 4 is 11.7 Å². The fourth-order valence-corrected chi connectivity index (χ4v) is 2.19. The van der Waals surface area contributed by atoms with Crippen LogP contribution in [0.3, 0.4) is 0 Å². The van der Waals surface area contributed by atoms with Crippen molar-refractivity contribution in [3.8, 4) is 0 Å². The number of carboxylic acid groups (broad SMARTS) is 1. The van der Waals surface area contributed by atoms with Gasteiger partial charge < -0.3 is 10.0 Å². The predicted molar refractivity (Wildman–Crippen MR) is 68.6 cm³/mol. The van der Waals surface area contributed by atoms with E-state index in [1.54, 1.807) is 12.1 Å². The van der Waals surface area contributed by atoms with Crippen LogP contribution in [0.4, 0.5) is 5.69 Å². The highest BCUT2D eigenvalue weighted by atomic mass is 16.4. The van der Waals surface area contributed by atoms with Gasteiger partial charge in [-0.25, -0.2) is 4.79 Å². The fraction of sp³-hybridized carbons (Fsp3) is 0.500. The first-order chi connectivity index (χ1) is 7.98. The molecule has 1 aromatic rings. The molecule has 3 heteroatoms. The largest absolute Gasteiger partial charge is 0.478 e. The maximum Gasteiger partial charge on any atom is 0.335 e. The molecule has 1 aromatic carbocycles. The zero-order chi connectivity index (χ0) is 12.5. The molecule has 0 radical (unpaired) electrons. The summed E-state index contributed by atoms with van der Waals surface area (Å²) < 4.78 is 0. The van der Waals surface area contributed by atoms with Crippen LogP contribution in [0.2, 0.25) is 0 Å². The topological polar surface area (TPSA) is 40.5 Å². The first kappa shape index (κ1) is 12.0. The van der Waals surface area contributed by atoms with E-state index >= 15 is 0 Å². The second-order valence-corrected chi connectivity index (χ2v) is 5.50. The number of aromatic carboxylic acids is 1. The molecule has 0 spiro atoms. The number of hydrogen-bond donors (Lipinski definition) is 1. The van der Waals surface area contributed by atoms with Gasteiger partial charge in [-0.2, -0.15) is 0 Å². The molecule has 0 amide bonds. The molecule has 17 heavy (non-hydrogen) atoms. The minimum absolute atomic E-state index is 0.353. The minimum Gasteiger partial charge on any atom is -0.478 e. The predicted octanol–water partition coefficient (Wildman–Crippen LogP) is 3.01. The number of anilines is 1. The van der Waals surface area contributed by atoms with Crippen LogP contribution in [0.15, 0.2) is 24.3 Å². The van der Waals surface area contributed by atoms with Gasteiger partial charge in [0.15, 0.2) is 0 Å². The van der Waals surface area contributed by atoms with Crippen molar-refractivity contribution in [3.63, 3.8) is 0 Å². The van der Waals surface area contributed by atoms with Crippen molar-refractivity contribution in [3.05, 3.63) is 29.8 Å². The second kappa shape index (κ2) is 4.40. The van der Waals surface area contributed by atoms with E-state index in [1.807, 2.05) is 12.1 Å². The Morgan fingerprint density at radius 3 is 2.18 bits per heavy atom. The number of piperidine rings is 1. The molecular formula is C14H19NO2. The Kier molecular flexibility index (Phi) is 3.09. The fourth-order valence-electron chi connectivity index (χ4n) is 2.19. The van der Waals surface area contributed by atoms with Gasteiger partial charge in [0, 0.05) is 18.8 Å². The Bertz CT molecular complexity index is 399. The van der Waals surface area contributed by atoms with Crippen LogP contribution in [-0.2, 0) is 0 Å². The molecule has 0 aliphatic carbocycles. The van der Waals surface area contributed by atoms with Crippen LogP contribution in [-0.4, -0.2) is 24.2 Å². The van der Waals surface area contributed by atoms with Gasteiger partial charge in [-0.15, -0.1) is 0 Å². The number of carbonyl (C=O) groups is 1. The zero-order valence-corrected chi connectivity index (χ0v) is 10.4. The minimum atomic E-state index is -0.865. The van der Waals surface area contributed by atoms with Crippen molar-refractivity contribution in [1.82, 2.24) is 0 Å². The van der Waals surface area contributed by atoms with Gasteiger partial charge >= 0.3 is 5.97 Å². The van der Waals surface area contributed by atoms with Crippen LogP contribution in [0.25, 0.3) is 0 Å². The van der Waals surface area contributed by atoms with E-state index < -0.39 is 5.97 Å². The van der Waals surface area contributed by atoms with Crippen LogP contribution in [0, 0.1) is 5.41 Å². The van der Waals surface area contributed by atoms with E-state index in [2.05, 4.69) is 18.7 Å². The lowest BCUT2D eigenvalue weighted by atomic mass is 9.82. The quantitative estimate of drug-likeness (QED) is 0.853. The summed E-state index contributed by atoms with van der Waals surface area (Å²) in [4.78, 5) is 13.1. The molecule has 1 N–H and O–H groups in total. The summed E-state index contributed by atoms with van der Waals surface area (Å²) in [6.45, 7) is 6.72. The lowest BCUT2D eigenvalue weighted by Gasteiger charge is -2.38. The Hall–Kier alpha value is -1.51. The summed E-state index contributed by atoms with van der Waals surface area (Å²) in [6.07, 6.45) is 2.38. The molecule has 0 atom stereocenters. The molecular weight excluding hydrogens is 214 g/mol. The van der Waals surface area contributed by atoms with Gasteiger partial charge in [0.2, 0.25) is 0 Å². The summed E-state index contributed by atoms with van der Waals surface area (Å²) in [6, 6.07) is 7.17. The molecule has 0 unspecified atom stereocenters. The lowest BCUT2D eigenvalue weighted by Crippen LogP contribution is -2.37. The molecule has 2 rings (SSSR count). The molecule has 3 nitrogen and oxygen atoms in total. The van der Waals surface area contributed by atoms with Crippen molar-refractivity contribution < 1.29 is 9.90 Å². The Labute approximate surface area is 102 Å². The van der Waals surface area contributed by atoms with Crippen LogP contribution in [0.1, 0.15) is 37.0 Å². The highest BCUT2D eigenvalue weighted by Gasteiger charge is 2.25. The SMILES string of the molecule is CC1(C)CCN(c2ccc(C(=O)O)cc2)CC1. The van der Waals surface area contributed by atoms with E-state index in [1.165, 1.54) is 12.8 Å². The monoisotopic (exact) mass is 233 g/mol. The maximum absolute atomic E-state index is 10.8. The first-order valence-electron chi connectivity index (χ1n) is 6.06. The van der Waals surface area contributed by atoms with Crippen molar-refractivity contribution in [2.75, 3.05) is 18.0 Å². The molecule has 1 fully saturated rings. The van der Waals surface area contributed by atoms with Crippen LogP contribution < -0.4 is 4.90 Å². The standard InChI is InChI=1S/C14H19NO2/c1-14(2)7-9-15(10-8-14)12-5-3-11(4-6-12)13(16)17/h3-6H,7-10H2,1-2H3,(H,16,17). The first-order valence-corrected chi connectivity index (χ1v) is 6.06. The molecule has 1 heterocycles. The van der Waals surface area contributed by atoms with Gasteiger partial charge in [-0.1, -0.05) is 13.8 Å². The molecule has 1 aliphatic heterocycles. The molecule has 0 saturated carbocycles. The van der Waals surface area contributed by atoms with E-state index in [9.17, 15) is 4.79 Å². The van der Waals surface area contributed by atoms with Gasteiger partial charge in [0.1, 0.15) is 0 Å². The molecule has 92 valence electrons. The van der Waals surface area contributed by atoms with E-state index in [-0.39, 0.29) is 0 Å². The van der Waals surface area contributed by atoms with Crippen LogP contribution >= 0.6 is 0 Å². The van der Waals surface area contributed by atoms with Crippen molar-refractivity contribution in [2.24, 2.45) is 5.41 Å².